The van der Waals surface area contributed by atoms with Gasteiger partial charge in [0.2, 0.25) is 18.6 Å². The van der Waals surface area contributed by atoms with Crippen molar-refractivity contribution in [3.63, 3.8) is 0 Å². The van der Waals surface area contributed by atoms with Crippen LogP contribution in [0.3, 0.4) is 0 Å². The molecular formula is C24H24FN3O4S. The maximum absolute atomic E-state index is 13.3. The third-order valence-electron chi connectivity index (χ3n) is 5.95. The van der Waals surface area contributed by atoms with E-state index in [1.807, 2.05) is 11.0 Å². The zero-order valence-electron chi connectivity index (χ0n) is 18.0. The fraction of sp³-hybridized carbons (Fsp3) is 0.375. The lowest BCUT2D eigenvalue weighted by Gasteiger charge is -2.34. The molecule has 1 aliphatic heterocycles. The molecule has 2 aromatic carbocycles. The second-order valence-electron chi connectivity index (χ2n) is 8.17. The standard InChI is InChI=1S/C24H24FN3O4S/c25-18-9-6-16(7-10-18)13-28(19-4-2-1-3-5-19)22(29)14-33-24-27-26-23(32-24)17-8-11-20-21(12-17)31-15-30-20/h6-12,19H,1-5,13-15H2. The Hall–Kier alpha value is -3.07. The van der Waals surface area contributed by atoms with Crippen LogP contribution in [-0.4, -0.2) is 39.6 Å². The Balaban J connectivity index is 1.25. The van der Waals surface area contributed by atoms with Gasteiger partial charge in [0.25, 0.3) is 5.22 Å². The molecule has 3 aromatic rings. The van der Waals surface area contributed by atoms with E-state index in [0.717, 1.165) is 36.8 Å². The van der Waals surface area contributed by atoms with Gasteiger partial charge in [-0.2, -0.15) is 0 Å². The predicted octanol–water partition coefficient (Wildman–Crippen LogP) is 5.06. The van der Waals surface area contributed by atoms with Crippen molar-refractivity contribution in [3.8, 4) is 23.0 Å². The molecule has 9 heteroatoms. The van der Waals surface area contributed by atoms with Crippen molar-refractivity contribution < 1.29 is 23.1 Å². The van der Waals surface area contributed by atoms with Crippen molar-refractivity contribution in [1.29, 1.82) is 0 Å². The highest BCUT2D eigenvalue weighted by atomic mass is 32.2. The van der Waals surface area contributed by atoms with Gasteiger partial charge in [0.1, 0.15) is 5.82 Å². The molecule has 0 atom stereocenters. The van der Waals surface area contributed by atoms with Gasteiger partial charge in [-0.15, -0.1) is 10.2 Å². The summed E-state index contributed by atoms with van der Waals surface area (Å²) in [7, 11) is 0. The number of benzene rings is 2. The summed E-state index contributed by atoms with van der Waals surface area (Å²) in [6.07, 6.45) is 5.43. The number of rotatable bonds is 7. The Morgan fingerprint density at radius 3 is 2.64 bits per heavy atom. The van der Waals surface area contributed by atoms with Gasteiger partial charge in [0.05, 0.1) is 5.75 Å². The molecule has 1 aromatic heterocycles. The van der Waals surface area contributed by atoms with E-state index in [9.17, 15) is 9.18 Å². The number of ether oxygens (including phenoxy) is 2. The summed E-state index contributed by atoms with van der Waals surface area (Å²) in [5, 5.41) is 8.53. The molecule has 1 fully saturated rings. The normalized spacial score (nSPS) is 15.5. The first kappa shape index (κ1) is 21.8. The Morgan fingerprint density at radius 1 is 1.03 bits per heavy atom. The average Bonchev–Trinajstić information content (AvgIpc) is 3.52. The fourth-order valence-corrected chi connectivity index (χ4v) is 4.87. The summed E-state index contributed by atoms with van der Waals surface area (Å²) in [4.78, 5) is 15.1. The summed E-state index contributed by atoms with van der Waals surface area (Å²) in [6.45, 7) is 0.665. The summed E-state index contributed by atoms with van der Waals surface area (Å²) in [5.74, 6) is 1.61. The molecule has 0 spiro atoms. The maximum Gasteiger partial charge on any atom is 0.277 e. The molecule has 7 nitrogen and oxygen atoms in total. The van der Waals surface area contributed by atoms with Gasteiger partial charge in [-0.3, -0.25) is 4.79 Å². The number of aromatic nitrogens is 2. The number of fused-ring (bicyclic) bond motifs is 1. The molecule has 2 heterocycles. The molecular weight excluding hydrogens is 445 g/mol. The number of hydrogen-bond acceptors (Lipinski definition) is 7. The molecule has 5 rings (SSSR count). The van der Waals surface area contributed by atoms with Gasteiger partial charge < -0.3 is 18.8 Å². The van der Waals surface area contributed by atoms with Gasteiger partial charge in [-0.25, -0.2) is 4.39 Å². The molecule has 0 unspecified atom stereocenters. The van der Waals surface area contributed by atoms with Crippen LogP contribution in [0.2, 0.25) is 0 Å². The van der Waals surface area contributed by atoms with Gasteiger partial charge >= 0.3 is 0 Å². The first-order valence-corrected chi connectivity index (χ1v) is 12.0. The Bertz CT molecular complexity index is 1120. The SMILES string of the molecule is O=C(CSc1nnc(-c2ccc3c(c2)OCO3)o1)N(Cc1ccc(F)cc1)C1CCCCC1. The van der Waals surface area contributed by atoms with Gasteiger partial charge in [0, 0.05) is 18.2 Å². The molecule has 1 saturated carbocycles. The molecule has 0 radical (unpaired) electrons. The van der Waals surface area contributed by atoms with E-state index >= 15 is 0 Å². The molecule has 33 heavy (non-hydrogen) atoms. The van der Waals surface area contributed by atoms with Crippen molar-refractivity contribution >= 4 is 17.7 Å². The van der Waals surface area contributed by atoms with Gasteiger partial charge in [-0.05, 0) is 48.7 Å². The second kappa shape index (κ2) is 9.82. The molecule has 0 saturated heterocycles. The molecule has 1 amide bonds. The number of carbonyl (C=O) groups is 1. The van der Waals surface area contributed by atoms with E-state index in [1.54, 1.807) is 24.3 Å². The van der Waals surface area contributed by atoms with E-state index in [2.05, 4.69) is 10.2 Å². The van der Waals surface area contributed by atoms with Crippen molar-refractivity contribution in [1.82, 2.24) is 15.1 Å². The molecule has 2 aliphatic rings. The lowest BCUT2D eigenvalue weighted by molar-refractivity contribution is -0.132. The van der Waals surface area contributed by atoms with Gasteiger partial charge in [0.15, 0.2) is 11.5 Å². The number of carbonyl (C=O) groups excluding carboxylic acids is 1. The quantitative estimate of drug-likeness (QED) is 0.448. The zero-order valence-corrected chi connectivity index (χ0v) is 18.9. The lowest BCUT2D eigenvalue weighted by Crippen LogP contribution is -2.41. The van der Waals surface area contributed by atoms with E-state index in [1.165, 1.54) is 30.3 Å². The molecule has 0 N–H and O–H groups in total. The van der Waals surface area contributed by atoms with Crippen molar-refractivity contribution in [2.45, 2.75) is 49.9 Å². The van der Waals surface area contributed by atoms with Crippen LogP contribution in [0.25, 0.3) is 11.5 Å². The zero-order chi connectivity index (χ0) is 22.6. The number of nitrogens with zero attached hydrogens (tertiary/aromatic N) is 3. The maximum atomic E-state index is 13.3. The highest BCUT2D eigenvalue weighted by molar-refractivity contribution is 7.99. The third kappa shape index (κ3) is 5.13. The molecule has 0 bridgehead atoms. The van der Waals surface area contributed by atoms with E-state index in [-0.39, 0.29) is 30.3 Å². The van der Waals surface area contributed by atoms with Gasteiger partial charge in [-0.1, -0.05) is 43.2 Å². The summed E-state index contributed by atoms with van der Waals surface area (Å²) >= 11 is 1.23. The summed E-state index contributed by atoms with van der Waals surface area (Å²) in [6, 6.07) is 12.0. The number of amides is 1. The predicted molar refractivity (Wildman–Crippen MR) is 120 cm³/mol. The van der Waals surface area contributed by atoms with E-state index in [0.29, 0.717) is 29.2 Å². The smallest absolute Gasteiger partial charge is 0.277 e. The Labute approximate surface area is 195 Å². The summed E-state index contributed by atoms with van der Waals surface area (Å²) < 4.78 is 29.8. The van der Waals surface area contributed by atoms with E-state index < -0.39 is 0 Å². The largest absolute Gasteiger partial charge is 0.454 e. The number of hydrogen-bond donors (Lipinski definition) is 0. The Kier molecular flexibility index (Phi) is 6.48. The second-order valence-corrected chi connectivity index (χ2v) is 9.10. The topological polar surface area (TPSA) is 77.7 Å². The van der Waals surface area contributed by atoms with Crippen molar-refractivity contribution in [3.05, 3.63) is 53.8 Å². The first-order valence-electron chi connectivity index (χ1n) is 11.1. The van der Waals surface area contributed by atoms with Crippen LogP contribution in [0.5, 0.6) is 11.5 Å². The molecule has 1 aliphatic carbocycles. The van der Waals surface area contributed by atoms with Crippen molar-refractivity contribution in [2.75, 3.05) is 12.5 Å². The van der Waals surface area contributed by atoms with Crippen LogP contribution in [-0.2, 0) is 11.3 Å². The van der Waals surface area contributed by atoms with Crippen LogP contribution >= 0.6 is 11.8 Å². The number of thioether (sulfide) groups is 1. The van der Waals surface area contributed by atoms with E-state index in [4.69, 9.17) is 13.9 Å². The van der Waals surface area contributed by atoms with Crippen LogP contribution in [0, 0.1) is 5.82 Å². The highest BCUT2D eigenvalue weighted by Crippen LogP contribution is 2.36. The minimum atomic E-state index is -0.278. The first-order chi connectivity index (χ1) is 16.2. The minimum Gasteiger partial charge on any atom is -0.454 e. The van der Waals surface area contributed by atoms with Crippen LogP contribution in [0.1, 0.15) is 37.7 Å². The highest BCUT2D eigenvalue weighted by Gasteiger charge is 2.26. The fourth-order valence-electron chi connectivity index (χ4n) is 4.22. The average molecular weight is 470 g/mol. The van der Waals surface area contributed by atoms with Crippen LogP contribution in [0.15, 0.2) is 52.1 Å². The molecule has 172 valence electrons. The summed E-state index contributed by atoms with van der Waals surface area (Å²) in [5.41, 5.74) is 1.65. The lowest BCUT2D eigenvalue weighted by atomic mass is 9.94. The van der Waals surface area contributed by atoms with Crippen LogP contribution < -0.4 is 9.47 Å². The Morgan fingerprint density at radius 2 is 1.82 bits per heavy atom. The minimum absolute atomic E-state index is 0.0130. The number of halogens is 1. The monoisotopic (exact) mass is 469 g/mol. The van der Waals surface area contributed by atoms with Crippen LogP contribution in [0.4, 0.5) is 4.39 Å². The third-order valence-corrected chi connectivity index (χ3v) is 6.75. The van der Waals surface area contributed by atoms with Crippen molar-refractivity contribution in [2.24, 2.45) is 0 Å².